The van der Waals surface area contributed by atoms with E-state index in [1.807, 2.05) is 6.07 Å². The Kier molecular flexibility index (Phi) is 2.65. The number of rotatable bonds is 1. The monoisotopic (exact) mass is 299 g/mol. The predicted octanol–water partition coefficient (Wildman–Crippen LogP) is 3.49. The summed E-state index contributed by atoms with van der Waals surface area (Å²) in [5.41, 5.74) is 8.21. The molecule has 1 aliphatic heterocycles. The van der Waals surface area contributed by atoms with Crippen LogP contribution in [-0.4, -0.2) is 9.97 Å². The minimum Gasteiger partial charge on any atom is -0.488 e. The van der Waals surface area contributed by atoms with Gasteiger partial charge in [-0.1, -0.05) is 0 Å². The van der Waals surface area contributed by atoms with Crippen LogP contribution in [-0.2, 0) is 6.61 Å². The SMILES string of the molecule is Nc1nccc(-c2cc3c(s2)-c2cc(F)ccc2OC3)n1. The fourth-order valence-electron chi connectivity index (χ4n) is 2.36. The number of anilines is 1. The molecule has 104 valence electrons. The molecule has 0 amide bonds. The number of hydrogen-bond acceptors (Lipinski definition) is 5. The Bertz CT molecular complexity index is 847. The van der Waals surface area contributed by atoms with Crippen molar-refractivity contribution < 1.29 is 9.13 Å². The van der Waals surface area contributed by atoms with Gasteiger partial charge in [-0.2, -0.15) is 0 Å². The van der Waals surface area contributed by atoms with Crippen molar-refractivity contribution in [3.05, 3.63) is 47.9 Å². The number of thiophene rings is 1. The quantitative estimate of drug-likeness (QED) is 0.747. The Hall–Kier alpha value is -2.47. The molecule has 2 N–H and O–H groups in total. The molecule has 0 aliphatic carbocycles. The summed E-state index contributed by atoms with van der Waals surface area (Å²) in [6.07, 6.45) is 1.63. The number of fused-ring (bicyclic) bond motifs is 3. The van der Waals surface area contributed by atoms with Gasteiger partial charge in [0.05, 0.1) is 10.6 Å². The van der Waals surface area contributed by atoms with Crippen molar-refractivity contribution in [2.45, 2.75) is 6.61 Å². The van der Waals surface area contributed by atoms with Crippen molar-refractivity contribution >= 4 is 17.3 Å². The van der Waals surface area contributed by atoms with Crippen LogP contribution in [0.3, 0.4) is 0 Å². The second-order valence-corrected chi connectivity index (χ2v) is 5.75. The molecule has 4 nitrogen and oxygen atoms in total. The molecule has 0 saturated heterocycles. The first kappa shape index (κ1) is 12.3. The minimum atomic E-state index is -0.272. The second-order valence-electron chi connectivity index (χ2n) is 4.69. The number of nitrogens with two attached hydrogens (primary N) is 1. The average molecular weight is 299 g/mol. The highest BCUT2D eigenvalue weighted by molar-refractivity contribution is 7.19. The van der Waals surface area contributed by atoms with Crippen LogP contribution >= 0.6 is 11.3 Å². The fourth-order valence-corrected chi connectivity index (χ4v) is 3.52. The molecule has 21 heavy (non-hydrogen) atoms. The number of aromatic nitrogens is 2. The molecule has 0 radical (unpaired) electrons. The van der Waals surface area contributed by atoms with Crippen LogP contribution in [0.2, 0.25) is 0 Å². The lowest BCUT2D eigenvalue weighted by molar-refractivity contribution is 0.302. The van der Waals surface area contributed by atoms with Crippen molar-refractivity contribution in [3.8, 4) is 26.8 Å². The van der Waals surface area contributed by atoms with E-state index in [4.69, 9.17) is 10.5 Å². The number of nitrogens with zero attached hydrogens (tertiary/aromatic N) is 2. The first-order chi connectivity index (χ1) is 10.2. The summed E-state index contributed by atoms with van der Waals surface area (Å²) in [4.78, 5) is 10.1. The van der Waals surface area contributed by atoms with Gasteiger partial charge >= 0.3 is 0 Å². The van der Waals surface area contributed by atoms with Gasteiger partial charge in [-0.25, -0.2) is 14.4 Å². The lowest BCUT2D eigenvalue weighted by Crippen LogP contribution is -2.02. The van der Waals surface area contributed by atoms with E-state index < -0.39 is 0 Å². The zero-order valence-electron chi connectivity index (χ0n) is 10.8. The van der Waals surface area contributed by atoms with E-state index in [1.54, 1.807) is 29.7 Å². The standard InChI is InChI=1S/C15H10FN3OS/c16-9-1-2-12-10(6-9)14-8(7-20-12)5-13(21-14)11-3-4-18-15(17)19-11/h1-6H,7H2,(H2,17,18,19). The molecular weight excluding hydrogens is 289 g/mol. The molecule has 0 fully saturated rings. The summed E-state index contributed by atoms with van der Waals surface area (Å²) in [5, 5.41) is 0. The summed E-state index contributed by atoms with van der Waals surface area (Å²) in [6, 6.07) is 8.39. The van der Waals surface area contributed by atoms with Crippen molar-refractivity contribution in [1.82, 2.24) is 9.97 Å². The molecule has 6 heteroatoms. The largest absolute Gasteiger partial charge is 0.488 e. The lowest BCUT2D eigenvalue weighted by atomic mass is 10.1. The molecule has 0 bridgehead atoms. The minimum absolute atomic E-state index is 0.238. The highest BCUT2D eigenvalue weighted by atomic mass is 32.1. The van der Waals surface area contributed by atoms with Crippen molar-refractivity contribution in [2.75, 3.05) is 5.73 Å². The lowest BCUT2D eigenvalue weighted by Gasteiger charge is -2.17. The van der Waals surface area contributed by atoms with Gasteiger partial charge in [0.15, 0.2) is 0 Å². The molecule has 0 spiro atoms. The Labute approximate surface area is 124 Å². The molecule has 3 heterocycles. The average Bonchev–Trinajstić information content (AvgIpc) is 2.92. The van der Waals surface area contributed by atoms with Crippen LogP contribution < -0.4 is 10.5 Å². The zero-order valence-corrected chi connectivity index (χ0v) is 11.7. The topological polar surface area (TPSA) is 61.0 Å². The van der Waals surface area contributed by atoms with Crippen molar-refractivity contribution in [1.29, 1.82) is 0 Å². The maximum absolute atomic E-state index is 13.5. The second kappa shape index (κ2) is 4.53. The number of halogens is 1. The maximum atomic E-state index is 13.5. The molecule has 3 aromatic rings. The Morgan fingerprint density at radius 2 is 2.14 bits per heavy atom. The van der Waals surface area contributed by atoms with E-state index in [1.165, 1.54) is 12.1 Å². The Balaban J connectivity index is 1.87. The number of benzene rings is 1. The van der Waals surface area contributed by atoms with Crippen LogP contribution in [0.4, 0.5) is 10.3 Å². The van der Waals surface area contributed by atoms with E-state index in [2.05, 4.69) is 9.97 Å². The first-order valence-corrected chi connectivity index (χ1v) is 7.17. The molecular formula is C15H10FN3OS. The maximum Gasteiger partial charge on any atom is 0.220 e. The van der Waals surface area contributed by atoms with E-state index in [9.17, 15) is 4.39 Å². The van der Waals surface area contributed by atoms with Crippen LogP contribution in [0.5, 0.6) is 5.75 Å². The van der Waals surface area contributed by atoms with Crippen molar-refractivity contribution in [3.63, 3.8) is 0 Å². The third kappa shape index (κ3) is 2.04. The van der Waals surface area contributed by atoms with E-state index in [0.717, 1.165) is 26.6 Å². The normalized spacial score (nSPS) is 12.4. The molecule has 0 atom stereocenters. The summed E-state index contributed by atoms with van der Waals surface area (Å²) < 4.78 is 19.1. The molecule has 0 saturated carbocycles. The number of hydrogen-bond donors (Lipinski definition) is 1. The fraction of sp³-hybridized carbons (Fsp3) is 0.0667. The summed E-state index contributed by atoms with van der Waals surface area (Å²) >= 11 is 1.56. The molecule has 4 rings (SSSR count). The van der Waals surface area contributed by atoms with Gasteiger partial charge < -0.3 is 10.5 Å². The van der Waals surface area contributed by atoms with Crippen LogP contribution in [0.1, 0.15) is 5.56 Å². The summed E-state index contributed by atoms with van der Waals surface area (Å²) in [7, 11) is 0. The van der Waals surface area contributed by atoms with Gasteiger partial charge in [-0.3, -0.25) is 0 Å². The molecule has 0 unspecified atom stereocenters. The van der Waals surface area contributed by atoms with Gasteiger partial charge in [0.25, 0.3) is 0 Å². The van der Waals surface area contributed by atoms with Crippen LogP contribution in [0.25, 0.3) is 21.0 Å². The smallest absolute Gasteiger partial charge is 0.220 e. The Morgan fingerprint density at radius 3 is 3.00 bits per heavy atom. The van der Waals surface area contributed by atoms with Crippen molar-refractivity contribution in [2.24, 2.45) is 0 Å². The first-order valence-electron chi connectivity index (χ1n) is 6.35. The Morgan fingerprint density at radius 1 is 1.24 bits per heavy atom. The number of ether oxygens (including phenoxy) is 1. The predicted molar refractivity (Wildman–Crippen MR) is 79.5 cm³/mol. The highest BCUT2D eigenvalue weighted by Crippen LogP contribution is 2.45. The van der Waals surface area contributed by atoms with Crippen LogP contribution in [0.15, 0.2) is 36.5 Å². The van der Waals surface area contributed by atoms with Gasteiger partial charge in [0.2, 0.25) is 5.95 Å². The van der Waals surface area contributed by atoms with E-state index in [0.29, 0.717) is 12.4 Å². The summed E-state index contributed by atoms with van der Waals surface area (Å²) in [6.45, 7) is 0.477. The molecule has 1 aliphatic rings. The van der Waals surface area contributed by atoms with Gasteiger partial charge in [0.1, 0.15) is 18.2 Å². The zero-order chi connectivity index (χ0) is 14.4. The van der Waals surface area contributed by atoms with Gasteiger partial charge in [-0.15, -0.1) is 11.3 Å². The molecule has 1 aromatic carbocycles. The summed E-state index contributed by atoms with van der Waals surface area (Å²) in [5.74, 6) is 0.674. The van der Waals surface area contributed by atoms with E-state index in [-0.39, 0.29) is 11.8 Å². The van der Waals surface area contributed by atoms with E-state index >= 15 is 0 Å². The van der Waals surface area contributed by atoms with Crippen LogP contribution in [0, 0.1) is 5.82 Å². The number of nitrogen functional groups attached to an aromatic ring is 1. The van der Waals surface area contributed by atoms with Gasteiger partial charge in [0, 0.05) is 22.2 Å². The third-order valence-electron chi connectivity index (χ3n) is 3.31. The van der Waals surface area contributed by atoms with Gasteiger partial charge in [-0.05, 0) is 30.3 Å². The highest BCUT2D eigenvalue weighted by Gasteiger charge is 2.21. The molecule has 2 aromatic heterocycles. The third-order valence-corrected chi connectivity index (χ3v) is 4.54.